The maximum absolute atomic E-state index is 11.5. The van der Waals surface area contributed by atoms with Gasteiger partial charge < -0.3 is 14.8 Å². The molecule has 0 saturated heterocycles. The number of methoxy groups -OCH3 is 1. The molecule has 1 aromatic heterocycles. The molecule has 5 heteroatoms. The van der Waals surface area contributed by atoms with Gasteiger partial charge in [0.1, 0.15) is 0 Å². The summed E-state index contributed by atoms with van der Waals surface area (Å²) >= 11 is 0. The second kappa shape index (κ2) is 4.52. The number of carboxylic acid groups (broad SMARTS) is 1. The fourth-order valence-electron chi connectivity index (χ4n) is 1.83. The van der Waals surface area contributed by atoms with Crippen LogP contribution >= 0.6 is 0 Å². The van der Waals surface area contributed by atoms with Crippen LogP contribution in [0.15, 0.2) is 24.4 Å². The number of nitrogens with one attached hydrogen (secondary N) is 1. The van der Waals surface area contributed by atoms with Gasteiger partial charge in [0.05, 0.1) is 18.6 Å². The number of aromatic nitrogens is 1. The molecule has 1 unspecified atom stereocenters. The first-order chi connectivity index (χ1) is 8.54. The van der Waals surface area contributed by atoms with Crippen molar-refractivity contribution in [1.82, 2.24) is 4.98 Å². The highest BCUT2D eigenvalue weighted by molar-refractivity contribution is 6.04. The Bertz CT molecular complexity index is 614. The lowest BCUT2D eigenvalue weighted by atomic mass is 9.99. The third-order valence-electron chi connectivity index (χ3n) is 2.98. The van der Waals surface area contributed by atoms with E-state index in [9.17, 15) is 9.59 Å². The summed E-state index contributed by atoms with van der Waals surface area (Å²) in [5.41, 5.74) is 1.86. The summed E-state index contributed by atoms with van der Waals surface area (Å²) in [6.07, 6.45) is 1.56. The first-order valence-corrected chi connectivity index (χ1v) is 5.46. The van der Waals surface area contributed by atoms with Crippen molar-refractivity contribution in [3.8, 4) is 0 Å². The Morgan fingerprint density at radius 1 is 1.39 bits per heavy atom. The highest BCUT2D eigenvalue weighted by Crippen LogP contribution is 2.24. The van der Waals surface area contributed by atoms with Gasteiger partial charge in [-0.3, -0.25) is 4.79 Å². The van der Waals surface area contributed by atoms with Crippen molar-refractivity contribution >= 4 is 22.8 Å². The number of hydrogen-bond donors (Lipinski definition) is 2. The lowest BCUT2D eigenvalue weighted by Crippen LogP contribution is -2.07. The minimum atomic E-state index is -0.880. The van der Waals surface area contributed by atoms with Gasteiger partial charge in [0.15, 0.2) is 0 Å². The fourth-order valence-corrected chi connectivity index (χ4v) is 1.83. The van der Waals surface area contributed by atoms with Crippen molar-refractivity contribution in [3.05, 3.63) is 35.5 Å². The number of benzene rings is 1. The van der Waals surface area contributed by atoms with Crippen molar-refractivity contribution in [2.24, 2.45) is 0 Å². The number of hydrogen-bond acceptors (Lipinski definition) is 3. The average molecular weight is 247 g/mol. The highest BCUT2D eigenvalue weighted by Gasteiger charge is 2.16. The third kappa shape index (κ3) is 1.95. The van der Waals surface area contributed by atoms with E-state index in [0.717, 1.165) is 10.9 Å². The molecule has 0 bridgehead atoms. The number of rotatable bonds is 3. The average Bonchev–Trinajstić information content (AvgIpc) is 2.79. The van der Waals surface area contributed by atoms with Gasteiger partial charge in [0.2, 0.25) is 0 Å². The molecular formula is C13H13NO4. The predicted octanol–water partition coefficient (Wildman–Crippen LogP) is 2.14. The van der Waals surface area contributed by atoms with Crippen LogP contribution in [0.4, 0.5) is 0 Å². The number of aromatic amines is 1. The molecule has 0 radical (unpaired) electrons. The van der Waals surface area contributed by atoms with Crippen molar-refractivity contribution in [1.29, 1.82) is 0 Å². The second-order valence-corrected chi connectivity index (χ2v) is 4.06. The predicted molar refractivity (Wildman–Crippen MR) is 65.7 cm³/mol. The minimum absolute atomic E-state index is 0.416. The molecule has 0 fully saturated rings. The third-order valence-corrected chi connectivity index (χ3v) is 2.98. The van der Waals surface area contributed by atoms with E-state index in [1.165, 1.54) is 7.11 Å². The normalized spacial score (nSPS) is 12.3. The largest absolute Gasteiger partial charge is 0.481 e. The fraction of sp³-hybridized carbons (Fsp3) is 0.231. The van der Waals surface area contributed by atoms with Crippen LogP contribution < -0.4 is 0 Å². The van der Waals surface area contributed by atoms with Crippen LogP contribution in [-0.2, 0) is 9.53 Å². The summed E-state index contributed by atoms with van der Waals surface area (Å²) < 4.78 is 4.67. The molecule has 1 atom stereocenters. The zero-order valence-electron chi connectivity index (χ0n) is 10.1. The molecule has 5 nitrogen and oxygen atoms in total. The molecule has 0 aliphatic rings. The highest BCUT2D eigenvalue weighted by atomic mass is 16.5. The van der Waals surface area contributed by atoms with Crippen LogP contribution in [0.2, 0.25) is 0 Å². The van der Waals surface area contributed by atoms with Crippen molar-refractivity contribution in [3.63, 3.8) is 0 Å². The lowest BCUT2D eigenvalue weighted by molar-refractivity contribution is -0.138. The van der Waals surface area contributed by atoms with Crippen LogP contribution in [-0.4, -0.2) is 29.1 Å². The number of carboxylic acids is 1. The first kappa shape index (κ1) is 12.2. The molecule has 0 spiro atoms. The van der Waals surface area contributed by atoms with Gasteiger partial charge in [-0.1, -0.05) is 12.1 Å². The van der Waals surface area contributed by atoms with E-state index in [0.29, 0.717) is 11.1 Å². The van der Waals surface area contributed by atoms with Gasteiger partial charge in [-0.05, 0) is 18.6 Å². The molecule has 0 aliphatic carbocycles. The van der Waals surface area contributed by atoms with E-state index < -0.39 is 17.9 Å². The Hall–Kier alpha value is -2.30. The summed E-state index contributed by atoms with van der Waals surface area (Å²) in [5.74, 6) is -1.88. The summed E-state index contributed by atoms with van der Waals surface area (Å²) in [5, 5.41) is 9.68. The quantitative estimate of drug-likeness (QED) is 0.814. The van der Waals surface area contributed by atoms with Crippen molar-refractivity contribution in [2.75, 3.05) is 7.11 Å². The lowest BCUT2D eigenvalue weighted by Gasteiger charge is -2.06. The maximum atomic E-state index is 11.5. The molecule has 2 aromatic rings. The van der Waals surface area contributed by atoms with Crippen LogP contribution in [0.1, 0.15) is 28.8 Å². The summed E-state index contributed by atoms with van der Waals surface area (Å²) in [6.45, 7) is 1.62. The summed E-state index contributed by atoms with van der Waals surface area (Å²) in [6, 6.07) is 5.18. The Kier molecular flexibility index (Phi) is 3.06. The van der Waals surface area contributed by atoms with Crippen molar-refractivity contribution < 1.29 is 19.4 Å². The molecule has 1 aromatic carbocycles. The number of ether oxygens (including phenoxy) is 1. The number of esters is 1. The molecule has 0 amide bonds. The van der Waals surface area contributed by atoms with Crippen LogP contribution in [0.25, 0.3) is 10.9 Å². The Morgan fingerprint density at radius 3 is 2.72 bits per heavy atom. The van der Waals surface area contributed by atoms with Crippen LogP contribution in [0, 0.1) is 0 Å². The van der Waals surface area contributed by atoms with Crippen LogP contribution in [0.5, 0.6) is 0 Å². The Balaban J connectivity index is 2.49. The van der Waals surface area contributed by atoms with Gasteiger partial charge in [-0.15, -0.1) is 0 Å². The van der Waals surface area contributed by atoms with E-state index in [4.69, 9.17) is 5.11 Å². The van der Waals surface area contributed by atoms with Gasteiger partial charge >= 0.3 is 11.9 Å². The van der Waals surface area contributed by atoms with Gasteiger partial charge in [-0.25, -0.2) is 4.79 Å². The van der Waals surface area contributed by atoms with E-state index in [1.807, 2.05) is 0 Å². The van der Waals surface area contributed by atoms with Gasteiger partial charge in [-0.2, -0.15) is 0 Å². The number of H-pyrrole nitrogens is 1. The molecule has 1 heterocycles. The topological polar surface area (TPSA) is 79.4 Å². The molecule has 0 saturated carbocycles. The summed E-state index contributed by atoms with van der Waals surface area (Å²) in [4.78, 5) is 25.3. The minimum Gasteiger partial charge on any atom is -0.481 e. The number of carbonyl (C=O) groups excluding carboxylic acids is 1. The van der Waals surface area contributed by atoms with E-state index in [1.54, 1.807) is 31.3 Å². The monoisotopic (exact) mass is 247 g/mol. The van der Waals surface area contributed by atoms with E-state index in [2.05, 4.69) is 9.72 Å². The van der Waals surface area contributed by atoms with Crippen molar-refractivity contribution in [2.45, 2.75) is 12.8 Å². The zero-order chi connectivity index (χ0) is 13.3. The molecular weight excluding hydrogens is 234 g/mol. The van der Waals surface area contributed by atoms with Crippen LogP contribution in [0.3, 0.4) is 0 Å². The molecule has 2 rings (SSSR count). The second-order valence-electron chi connectivity index (χ2n) is 4.06. The first-order valence-electron chi connectivity index (χ1n) is 5.46. The standard InChI is InChI=1S/C13H13NO4/c1-7(12(15)16)8-3-4-9-10(13(17)18-2)6-14-11(9)5-8/h3-7,14H,1-2H3,(H,15,16). The smallest absolute Gasteiger partial charge is 0.340 e. The Labute approximate surface area is 103 Å². The van der Waals surface area contributed by atoms with E-state index in [-0.39, 0.29) is 0 Å². The maximum Gasteiger partial charge on any atom is 0.340 e. The zero-order valence-corrected chi connectivity index (χ0v) is 10.1. The summed E-state index contributed by atoms with van der Waals surface area (Å²) in [7, 11) is 1.32. The Morgan fingerprint density at radius 2 is 2.11 bits per heavy atom. The number of aliphatic carboxylic acids is 1. The van der Waals surface area contributed by atoms with Gasteiger partial charge in [0.25, 0.3) is 0 Å². The van der Waals surface area contributed by atoms with Gasteiger partial charge in [0, 0.05) is 17.1 Å². The molecule has 2 N–H and O–H groups in total. The molecule has 0 aliphatic heterocycles. The number of carbonyl (C=O) groups is 2. The SMILES string of the molecule is COC(=O)c1c[nH]c2cc(C(C)C(=O)O)ccc12. The number of fused-ring (bicyclic) bond motifs is 1. The van der Waals surface area contributed by atoms with E-state index >= 15 is 0 Å². The molecule has 94 valence electrons. The molecule has 18 heavy (non-hydrogen) atoms.